The first-order valence-corrected chi connectivity index (χ1v) is 8.20. The van der Waals surface area contributed by atoms with Gasteiger partial charge in [-0.15, -0.1) is 10.2 Å². The summed E-state index contributed by atoms with van der Waals surface area (Å²) in [5, 5.41) is 8.49. The summed E-state index contributed by atoms with van der Waals surface area (Å²) in [6, 6.07) is 2.88. The predicted molar refractivity (Wildman–Crippen MR) is 89.2 cm³/mol. The van der Waals surface area contributed by atoms with E-state index < -0.39 is 0 Å². The highest BCUT2D eigenvalue weighted by Gasteiger charge is 2.45. The third-order valence-electron chi connectivity index (χ3n) is 5.05. The second kappa shape index (κ2) is 4.86. The van der Waals surface area contributed by atoms with Crippen molar-refractivity contribution in [1.29, 1.82) is 0 Å². The Hall–Kier alpha value is -2.77. The van der Waals surface area contributed by atoms with E-state index in [1.807, 2.05) is 42.9 Å². The van der Waals surface area contributed by atoms with Crippen molar-refractivity contribution in [3.63, 3.8) is 0 Å². The highest BCUT2D eigenvalue weighted by atomic mass is 15.4. The zero-order valence-corrected chi connectivity index (χ0v) is 13.7. The fraction of sp³-hybridized carbons (Fsp3) is 0.438. The molecule has 0 aromatic carbocycles. The highest BCUT2D eigenvalue weighted by molar-refractivity contribution is 5.66. The molecule has 2 bridgehead atoms. The van der Waals surface area contributed by atoms with E-state index in [9.17, 15) is 0 Å². The Morgan fingerprint density at radius 2 is 1.83 bits per heavy atom. The number of anilines is 2. The number of aromatic nitrogens is 6. The molecular formula is C16H18N8. The number of hydrogen-bond donors (Lipinski definition) is 0. The Morgan fingerprint density at radius 3 is 2.62 bits per heavy atom. The lowest BCUT2D eigenvalue weighted by molar-refractivity contribution is 0.634. The van der Waals surface area contributed by atoms with E-state index in [-0.39, 0.29) is 0 Å². The van der Waals surface area contributed by atoms with Gasteiger partial charge in [-0.1, -0.05) is 0 Å². The first kappa shape index (κ1) is 13.6. The zero-order chi connectivity index (χ0) is 16.3. The van der Waals surface area contributed by atoms with Crippen molar-refractivity contribution >= 4 is 17.3 Å². The molecule has 2 aliphatic rings. The third-order valence-corrected chi connectivity index (χ3v) is 5.05. The van der Waals surface area contributed by atoms with Gasteiger partial charge >= 0.3 is 0 Å². The summed E-state index contributed by atoms with van der Waals surface area (Å²) in [5.41, 5.74) is 0.840. The molecule has 2 saturated heterocycles. The molecule has 0 amide bonds. The topological polar surface area (TPSA) is 75.3 Å². The average molecular weight is 322 g/mol. The van der Waals surface area contributed by atoms with Gasteiger partial charge in [-0.25, -0.2) is 15.0 Å². The average Bonchev–Trinajstić information content (AvgIpc) is 3.29. The molecule has 24 heavy (non-hydrogen) atoms. The lowest BCUT2D eigenvalue weighted by Gasteiger charge is -2.35. The van der Waals surface area contributed by atoms with E-state index in [1.165, 1.54) is 0 Å². The summed E-state index contributed by atoms with van der Waals surface area (Å²) < 4.78 is 2.00. The van der Waals surface area contributed by atoms with Crippen LogP contribution in [0, 0.1) is 13.8 Å². The van der Waals surface area contributed by atoms with Gasteiger partial charge in [0.05, 0.1) is 12.1 Å². The minimum atomic E-state index is 0.431. The quantitative estimate of drug-likeness (QED) is 0.696. The number of aryl methyl sites for hydroxylation is 2. The Balaban J connectivity index is 1.46. The minimum absolute atomic E-state index is 0.431. The van der Waals surface area contributed by atoms with Crippen LogP contribution in [0.2, 0.25) is 0 Å². The van der Waals surface area contributed by atoms with Gasteiger partial charge < -0.3 is 9.80 Å². The molecule has 3 aromatic heterocycles. The molecule has 0 radical (unpaired) electrons. The summed E-state index contributed by atoms with van der Waals surface area (Å²) in [6.07, 6.45) is 6.70. The zero-order valence-electron chi connectivity index (χ0n) is 13.7. The van der Waals surface area contributed by atoms with Crippen LogP contribution in [0.1, 0.15) is 18.1 Å². The van der Waals surface area contributed by atoms with Crippen LogP contribution in [-0.2, 0) is 0 Å². The van der Waals surface area contributed by atoms with E-state index in [4.69, 9.17) is 0 Å². The number of piperazine rings is 1. The lowest BCUT2D eigenvalue weighted by atomic mass is 10.2. The maximum atomic E-state index is 4.59. The molecule has 0 N–H and O–H groups in total. The standard InChI is InChI=1S/C16H18N8/c1-10-17-4-3-14(19-10)23-8-13-7-12(23)9-24(13)15-16-21-20-11(2)22(16)6-5-18-15/h3-6,12-13H,7-9H2,1-2H3. The fourth-order valence-corrected chi connectivity index (χ4v) is 3.94. The monoisotopic (exact) mass is 322 g/mol. The van der Waals surface area contributed by atoms with Gasteiger partial charge in [0, 0.05) is 31.7 Å². The smallest absolute Gasteiger partial charge is 0.203 e. The van der Waals surface area contributed by atoms with E-state index in [0.717, 1.165) is 48.4 Å². The van der Waals surface area contributed by atoms with Crippen LogP contribution in [0.4, 0.5) is 11.6 Å². The molecule has 2 atom stereocenters. The van der Waals surface area contributed by atoms with Crippen molar-refractivity contribution in [2.75, 3.05) is 22.9 Å². The minimum Gasteiger partial charge on any atom is -0.350 e. The van der Waals surface area contributed by atoms with Gasteiger partial charge in [0.1, 0.15) is 17.5 Å². The fourth-order valence-electron chi connectivity index (χ4n) is 3.94. The highest BCUT2D eigenvalue weighted by Crippen LogP contribution is 2.36. The molecule has 5 rings (SSSR count). The van der Waals surface area contributed by atoms with Crippen molar-refractivity contribution in [2.45, 2.75) is 32.4 Å². The van der Waals surface area contributed by atoms with Crippen molar-refractivity contribution < 1.29 is 0 Å². The van der Waals surface area contributed by atoms with Crippen LogP contribution in [-0.4, -0.2) is 54.7 Å². The molecule has 122 valence electrons. The summed E-state index contributed by atoms with van der Waals surface area (Å²) >= 11 is 0. The molecular weight excluding hydrogens is 304 g/mol. The molecule has 2 fully saturated rings. The second-order valence-corrected chi connectivity index (χ2v) is 6.50. The Kier molecular flexibility index (Phi) is 2.76. The van der Waals surface area contributed by atoms with Crippen LogP contribution < -0.4 is 9.80 Å². The first-order valence-electron chi connectivity index (χ1n) is 8.20. The van der Waals surface area contributed by atoms with Crippen LogP contribution in [0.3, 0.4) is 0 Å². The van der Waals surface area contributed by atoms with Gasteiger partial charge in [0.2, 0.25) is 5.65 Å². The van der Waals surface area contributed by atoms with Crippen LogP contribution >= 0.6 is 0 Å². The lowest BCUT2D eigenvalue weighted by Crippen LogP contribution is -2.47. The Morgan fingerprint density at radius 1 is 1.00 bits per heavy atom. The number of hydrogen-bond acceptors (Lipinski definition) is 7. The van der Waals surface area contributed by atoms with Crippen LogP contribution in [0.5, 0.6) is 0 Å². The third kappa shape index (κ3) is 1.88. The number of rotatable bonds is 2. The Labute approximate surface area is 139 Å². The molecule has 8 nitrogen and oxygen atoms in total. The van der Waals surface area contributed by atoms with E-state index in [0.29, 0.717) is 12.1 Å². The summed E-state index contributed by atoms with van der Waals surface area (Å²) in [5.74, 6) is 3.66. The largest absolute Gasteiger partial charge is 0.350 e. The van der Waals surface area contributed by atoms with Crippen molar-refractivity contribution in [3.8, 4) is 0 Å². The summed E-state index contributed by atoms with van der Waals surface area (Å²) in [6.45, 7) is 5.78. The number of nitrogens with zero attached hydrogens (tertiary/aromatic N) is 8. The molecule has 5 heterocycles. The van der Waals surface area contributed by atoms with Crippen molar-refractivity contribution in [3.05, 3.63) is 36.3 Å². The first-order chi connectivity index (χ1) is 11.7. The SMILES string of the molecule is Cc1nccc(N2CC3CC2CN3c2nccn3c(C)nnc23)n1. The number of fused-ring (bicyclic) bond motifs is 3. The van der Waals surface area contributed by atoms with E-state index in [2.05, 4.69) is 34.9 Å². The van der Waals surface area contributed by atoms with E-state index >= 15 is 0 Å². The van der Waals surface area contributed by atoms with Crippen LogP contribution in [0.15, 0.2) is 24.7 Å². The normalized spacial score (nSPS) is 22.8. The van der Waals surface area contributed by atoms with Gasteiger partial charge in [-0.3, -0.25) is 4.40 Å². The molecule has 2 aliphatic heterocycles. The van der Waals surface area contributed by atoms with Gasteiger partial charge in [0.25, 0.3) is 0 Å². The van der Waals surface area contributed by atoms with Gasteiger partial charge in [0.15, 0.2) is 5.82 Å². The molecule has 2 unspecified atom stereocenters. The maximum absolute atomic E-state index is 4.59. The molecule has 0 aliphatic carbocycles. The Bertz CT molecular complexity index is 919. The van der Waals surface area contributed by atoms with E-state index in [1.54, 1.807) is 0 Å². The van der Waals surface area contributed by atoms with Crippen LogP contribution in [0.25, 0.3) is 5.65 Å². The second-order valence-electron chi connectivity index (χ2n) is 6.50. The molecule has 3 aromatic rings. The predicted octanol–water partition coefficient (Wildman–Crippen LogP) is 0.999. The van der Waals surface area contributed by atoms with Crippen molar-refractivity contribution in [2.24, 2.45) is 0 Å². The maximum Gasteiger partial charge on any atom is 0.203 e. The van der Waals surface area contributed by atoms with Gasteiger partial charge in [-0.2, -0.15) is 0 Å². The molecule has 8 heteroatoms. The summed E-state index contributed by atoms with van der Waals surface area (Å²) in [7, 11) is 0. The molecule has 0 spiro atoms. The molecule has 0 saturated carbocycles. The summed E-state index contributed by atoms with van der Waals surface area (Å²) in [4.78, 5) is 18.1. The van der Waals surface area contributed by atoms with Crippen molar-refractivity contribution in [1.82, 2.24) is 29.5 Å². The van der Waals surface area contributed by atoms with Gasteiger partial charge in [-0.05, 0) is 26.3 Å².